The average Bonchev–Trinajstić information content (AvgIpc) is 2.54. The van der Waals surface area contributed by atoms with Crippen LogP contribution in [0.1, 0.15) is 13.3 Å². The van der Waals surface area contributed by atoms with Crippen molar-refractivity contribution in [1.82, 2.24) is 14.5 Å². The standard InChI is InChI=1S/C14H19F2N3O3S/c1-2-5-17-14(20)18-6-8-19(9-7-18)23(21,22)13-10-11(15)3-4-12(13)16/h3-4,10H,2,5-9H2,1H3,(H,17,20). The highest BCUT2D eigenvalue weighted by Crippen LogP contribution is 2.21. The first-order chi connectivity index (χ1) is 10.9. The Hall–Kier alpha value is -1.74. The lowest BCUT2D eigenvalue weighted by Crippen LogP contribution is -2.53. The van der Waals surface area contributed by atoms with E-state index in [1.54, 1.807) is 0 Å². The lowest BCUT2D eigenvalue weighted by atomic mass is 10.3. The Labute approximate surface area is 134 Å². The normalized spacial score (nSPS) is 16.4. The number of carbonyl (C=O) groups is 1. The monoisotopic (exact) mass is 347 g/mol. The van der Waals surface area contributed by atoms with Crippen LogP contribution in [0.2, 0.25) is 0 Å². The third-order valence-corrected chi connectivity index (χ3v) is 5.48. The van der Waals surface area contributed by atoms with Crippen molar-refractivity contribution in [3.8, 4) is 0 Å². The van der Waals surface area contributed by atoms with Crippen LogP contribution in [0.3, 0.4) is 0 Å². The summed E-state index contributed by atoms with van der Waals surface area (Å²) >= 11 is 0. The van der Waals surface area contributed by atoms with E-state index >= 15 is 0 Å². The second kappa shape index (κ2) is 7.22. The Bertz CT molecular complexity index is 674. The van der Waals surface area contributed by atoms with E-state index in [0.29, 0.717) is 12.6 Å². The summed E-state index contributed by atoms with van der Waals surface area (Å²) in [5, 5.41) is 2.71. The molecule has 0 radical (unpaired) electrons. The molecule has 6 nitrogen and oxygen atoms in total. The van der Waals surface area contributed by atoms with Gasteiger partial charge in [0.2, 0.25) is 10.0 Å². The van der Waals surface area contributed by atoms with E-state index in [0.717, 1.165) is 22.9 Å². The predicted octanol–water partition coefficient (Wildman–Crippen LogP) is 1.39. The van der Waals surface area contributed by atoms with Gasteiger partial charge >= 0.3 is 6.03 Å². The number of amides is 2. The molecule has 1 N–H and O–H groups in total. The Morgan fingerprint density at radius 2 is 1.87 bits per heavy atom. The number of carbonyl (C=O) groups excluding carboxylic acids is 1. The number of nitrogens with one attached hydrogen (secondary N) is 1. The van der Waals surface area contributed by atoms with Gasteiger partial charge in [-0.15, -0.1) is 0 Å². The minimum atomic E-state index is -4.12. The molecule has 1 saturated heterocycles. The summed E-state index contributed by atoms with van der Waals surface area (Å²) in [5.41, 5.74) is 0. The molecule has 1 aliphatic heterocycles. The number of benzene rings is 1. The summed E-state index contributed by atoms with van der Waals surface area (Å²) in [7, 11) is -4.12. The summed E-state index contributed by atoms with van der Waals surface area (Å²) in [6.07, 6.45) is 0.804. The fourth-order valence-corrected chi connectivity index (χ4v) is 3.79. The number of rotatable bonds is 4. The smallest absolute Gasteiger partial charge is 0.317 e. The summed E-state index contributed by atoms with van der Waals surface area (Å²) in [5.74, 6) is -1.81. The molecule has 9 heteroatoms. The molecule has 1 aromatic rings. The maximum absolute atomic E-state index is 13.7. The van der Waals surface area contributed by atoms with Crippen molar-refractivity contribution in [2.24, 2.45) is 0 Å². The molecule has 2 amide bonds. The Kier molecular flexibility index (Phi) is 5.53. The molecule has 0 aliphatic carbocycles. The van der Waals surface area contributed by atoms with E-state index in [-0.39, 0.29) is 32.2 Å². The van der Waals surface area contributed by atoms with Crippen molar-refractivity contribution in [2.75, 3.05) is 32.7 Å². The van der Waals surface area contributed by atoms with Crippen LogP contribution in [0, 0.1) is 11.6 Å². The van der Waals surface area contributed by atoms with E-state index in [2.05, 4.69) is 5.32 Å². The van der Waals surface area contributed by atoms with Crippen molar-refractivity contribution < 1.29 is 22.0 Å². The highest BCUT2D eigenvalue weighted by Gasteiger charge is 2.32. The van der Waals surface area contributed by atoms with Gasteiger partial charge in [-0.05, 0) is 24.6 Å². The summed E-state index contributed by atoms with van der Waals surface area (Å²) < 4.78 is 52.8. The van der Waals surface area contributed by atoms with Crippen LogP contribution < -0.4 is 5.32 Å². The molecule has 0 spiro atoms. The van der Waals surface area contributed by atoms with Gasteiger partial charge in [-0.25, -0.2) is 22.0 Å². The van der Waals surface area contributed by atoms with Crippen molar-refractivity contribution in [1.29, 1.82) is 0 Å². The summed E-state index contributed by atoms with van der Waals surface area (Å²) in [6, 6.07) is 2.08. The van der Waals surface area contributed by atoms with E-state index < -0.39 is 26.6 Å². The zero-order valence-electron chi connectivity index (χ0n) is 12.8. The van der Waals surface area contributed by atoms with Crippen LogP contribution in [-0.2, 0) is 10.0 Å². The van der Waals surface area contributed by atoms with E-state index in [1.807, 2.05) is 6.92 Å². The molecule has 23 heavy (non-hydrogen) atoms. The van der Waals surface area contributed by atoms with E-state index in [9.17, 15) is 22.0 Å². The van der Waals surface area contributed by atoms with Crippen LogP contribution in [0.5, 0.6) is 0 Å². The van der Waals surface area contributed by atoms with Crippen LogP contribution >= 0.6 is 0 Å². The molecule has 2 rings (SSSR count). The first-order valence-corrected chi connectivity index (χ1v) is 8.78. The zero-order chi connectivity index (χ0) is 17.0. The van der Waals surface area contributed by atoms with Crippen LogP contribution in [0.15, 0.2) is 23.1 Å². The molecular weight excluding hydrogens is 328 g/mol. The zero-order valence-corrected chi connectivity index (χ0v) is 13.6. The quantitative estimate of drug-likeness (QED) is 0.895. The summed E-state index contributed by atoms with van der Waals surface area (Å²) in [6.45, 7) is 2.96. The van der Waals surface area contributed by atoms with Crippen molar-refractivity contribution in [2.45, 2.75) is 18.2 Å². The number of hydrogen-bond donors (Lipinski definition) is 1. The Morgan fingerprint density at radius 1 is 1.22 bits per heavy atom. The third-order valence-electron chi connectivity index (χ3n) is 3.56. The molecule has 0 saturated carbocycles. The van der Waals surface area contributed by atoms with Gasteiger partial charge in [0.05, 0.1) is 0 Å². The topological polar surface area (TPSA) is 69.7 Å². The number of piperazine rings is 1. The van der Waals surface area contributed by atoms with Crippen LogP contribution in [-0.4, -0.2) is 56.4 Å². The number of sulfonamides is 1. The highest BCUT2D eigenvalue weighted by molar-refractivity contribution is 7.89. The van der Waals surface area contributed by atoms with Crippen LogP contribution in [0.25, 0.3) is 0 Å². The molecule has 1 fully saturated rings. The van der Waals surface area contributed by atoms with Gasteiger partial charge in [0.1, 0.15) is 16.5 Å². The van der Waals surface area contributed by atoms with Gasteiger partial charge in [0.15, 0.2) is 0 Å². The Balaban J connectivity index is 2.07. The maximum atomic E-state index is 13.7. The molecule has 1 aliphatic rings. The lowest BCUT2D eigenvalue weighted by molar-refractivity contribution is 0.172. The predicted molar refractivity (Wildman–Crippen MR) is 80.4 cm³/mol. The van der Waals surface area contributed by atoms with Crippen molar-refractivity contribution in [3.63, 3.8) is 0 Å². The van der Waals surface area contributed by atoms with Gasteiger partial charge in [-0.1, -0.05) is 6.92 Å². The molecule has 0 aromatic heterocycles. The van der Waals surface area contributed by atoms with E-state index in [4.69, 9.17) is 0 Å². The van der Waals surface area contributed by atoms with Gasteiger partial charge in [0, 0.05) is 32.7 Å². The second-order valence-corrected chi connectivity index (χ2v) is 7.10. The van der Waals surface area contributed by atoms with Crippen molar-refractivity contribution >= 4 is 16.1 Å². The highest BCUT2D eigenvalue weighted by atomic mass is 32.2. The fraction of sp³-hybridized carbons (Fsp3) is 0.500. The number of urea groups is 1. The molecular formula is C14H19F2N3O3S. The fourth-order valence-electron chi connectivity index (χ4n) is 2.29. The van der Waals surface area contributed by atoms with Gasteiger partial charge in [0.25, 0.3) is 0 Å². The number of halogens is 2. The minimum absolute atomic E-state index is 0.0395. The third kappa shape index (κ3) is 3.97. The average molecular weight is 347 g/mol. The SMILES string of the molecule is CCCNC(=O)N1CCN(S(=O)(=O)c2cc(F)ccc2F)CC1. The molecule has 1 heterocycles. The molecule has 0 atom stereocenters. The first-order valence-electron chi connectivity index (χ1n) is 7.34. The molecule has 0 bridgehead atoms. The van der Waals surface area contributed by atoms with Gasteiger partial charge in [-0.2, -0.15) is 4.31 Å². The van der Waals surface area contributed by atoms with E-state index in [1.165, 1.54) is 4.90 Å². The lowest BCUT2D eigenvalue weighted by Gasteiger charge is -2.34. The second-order valence-electron chi connectivity index (χ2n) is 5.20. The van der Waals surface area contributed by atoms with Gasteiger partial charge < -0.3 is 10.2 Å². The minimum Gasteiger partial charge on any atom is -0.338 e. The maximum Gasteiger partial charge on any atom is 0.317 e. The molecule has 128 valence electrons. The van der Waals surface area contributed by atoms with Gasteiger partial charge in [-0.3, -0.25) is 0 Å². The molecule has 0 unspecified atom stereocenters. The first kappa shape index (κ1) is 17.6. The Morgan fingerprint density at radius 3 is 2.48 bits per heavy atom. The number of hydrogen-bond acceptors (Lipinski definition) is 3. The summed E-state index contributed by atoms with van der Waals surface area (Å²) in [4.78, 5) is 12.6. The van der Waals surface area contributed by atoms with Crippen molar-refractivity contribution in [3.05, 3.63) is 29.8 Å². The molecule has 1 aromatic carbocycles. The number of nitrogens with zero attached hydrogens (tertiary/aromatic N) is 2. The van der Waals surface area contributed by atoms with Crippen LogP contribution in [0.4, 0.5) is 13.6 Å². The largest absolute Gasteiger partial charge is 0.338 e.